The number of carbonyl (C=O) groups excluding carboxylic acids is 2. The first-order valence-corrected chi connectivity index (χ1v) is 8.57. The minimum Gasteiger partial charge on any atom is -0.465 e. The van der Waals surface area contributed by atoms with E-state index in [-0.39, 0.29) is 12.4 Å². The third-order valence-electron chi connectivity index (χ3n) is 4.00. The Morgan fingerprint density at radius 1 is 0.920 bits per heavy atom. The van der Waals surface area contributed by atoms with Crippen LogP contribution in [0.15, 0.2) is 60.7 Å². The van der Waals surface area contributed by atoms with Gasteiger partial charge in [0, 0.05) is 19.6 Å². The fourth-order valence-corrected chi connectivity index (χ4v) is 2.74. The number of nitrogens with zero attached hydrogens (tertiary/aromatic N) is 1. The maximum absolute atomic E-state index is 12.2. The quantitative estimate of drug-likeness (QED) is 0.518. The summed E-state index contributed by atoms with van der Waals surface area (Å²) in [5.74, 6) is -1.36. The van der Waals surface area contributed by atoms with Gasteiger partial charge in [-0.05, 0) is 25.0 Å². The molecule has 2 rings (SSSR count). The van der Waals surface area contributed by atoms with Gasteiger partial charge in [-0.2, -0.15) is 0 Å². The lowest BCUT2D eigenvalue weighted by Gasteiger charge is -2.26. The minimum atomic E-state index is -0.757. The normalized spacial score (nSPS) is 12.0. The van der Waals surface area contributed by atoms with Crippen LogP contribution < -0.4 is 0 Å². The SMILES string of the molecule is CCOC(=O)C(CN(Cc1ccccc1)Cc1ccccc1)C(C)=O. The van der Waals surface area contributed by atoms with E-state index in [0.29, 0.717) is 19.6 Å². The molecule has 4 heteroatoms. The van der Waals surface area contributed by atoms with Crippen LogP contribution in [0.2, 0.25) is 0 Å². The molecule has 0 aliphatic carbocycles. The van der Waals surface area contributed by atoms with Crippen LogP contribution in [0, 0.1) is 5.92 Å². The average molecular weight is 339 g/mol. The topological polar surface area (TPSA) is 46.6 Å². The largest absolute Gasteiger partial charge is 0.465 e. The number of benzene rings is 2. The molecule has 0 aromatic heterocycles. The van der Waals surface area contributed by atoms with E-state index in [0.717, 1.165) is 11.1 Å². The van der Waals surface area contributed by atoms with Crippen LogP contribution in [-0.4, -0.2) is 29.8 Å². The zero-order chi connectivity index (χ0) is 18.1. The molecule has 1 atom stereocenters. The number of ketones is 1. The van der Waals surface area contributed by atoms with Crippen molar-refractivity contribution in [2.75, 3.05) is 13.2 Å². The summed E-state index contributed by atoms with van der Waals surface area (Å²) in [5.41, 5.74) is 2.29. The molecule has 2 aromatic rings. The van der Waals surface area contributed by atoms with Gasteiger partial charge in [0.05, 0.1) is 6.61 Å². The van der Waals surface area contributed by atoms with Crippen LogP contribution in [0.3, 0.4) is 0 Å². The Bertz CT molecular complexity index is 629. The van der Waals surface area contributed by atoms with Gasteiger partial charge in [0.2, 0.25) is 0 Å². The molecule has 132 valence electrons. The predicted molar refractivity (Wildman–Crippen MR) is 97.8 cm³/mol. The molecular formula is C21H25NO3. The summed E-state index contributed by atoms with van der Waals surface area (Å²) < 4.78 is 5.08. The molecule has 0 amide bonds. The summed E-state index contributed by atoms with van der Waals surface area (Å²) in [6.45, 7) is 5.15. The summed E-state index contributed by atoms with van der Waals surface area (Å²) >= 11 is 0. The molecule has 0 aliphatic heterocycles. The molecule has 2 aromatic carbocycles. The van der Waals surface area contributed by atoms with Crippen molar-refractivity contribution in [1.29, 1.82) is 0 Å². The first-order chi connectivity index (χ1) is 12.1. The number of ether oxygens (including phenoxy) is 1. The Balaban J connectivity index is 2.17. The summed E-state index contributed by atoms with van der Waals surface area (Å²) in [5, 5.41) is 0. The number of hydrogen-bond acceptors (Lipinski definition) is 4. The molecule has 0 N–H and O–H groups in total. The van der Waals surface area contributed by atoms with Crippen molar-refractivity contribution < 1.29 is 14.3 Å². The Morgan fingerprint density at radius 2 is 1.40 bits per heavy atom. The number of hydrogen-bond donors (Lipinski definition) is 0. The first-order valence-electron chi connectivity index (χ1n) is 8.57. The monoisotopic (exact) mass is 339 g/mol. The van der Waals surface area contributed by atoms with Crippen LogP contribution in [-0.2, 0) is 27.4 Å². The van der Waals surface area contributed by atoms with Gasteiger partial charge in [0.25, 0.3) is 0 Å². The van der Waals surface area contributed by atoms with E-state index >= 15 is 0 Å². The maximum atomic E-state index is 12.2. The predicted octanol–water partition coefficient (Wildman–Crippen LogP) is 3.46. The fourth-order valence-electron chi connectivity index (χ4n) is 2.74. The van der Waals surface area contributed by atoms with E-state index in [1.54, 1.807) is 6.92 Å². The molecule has 0 saturated heterocycles. The van der Waals surface area contributed by atoms with Gasteiger partial charge in [-0.15, -0.1) is 0 Å². The van der Waals surface area contributed by atoms with Crippen molar-refractivity contribution in [1.82, 2.24) is 4.90 Å². The van der Waals surface area contributed by atoms with E-state index in [1.807, 2.05) is 60.7 Å². The second-order valence-corrected chi connectivity index (χ2v) is 6.06. The third-order valence-corrected chi connectivity index (χ3v) is 4.00. The lowest BCUT2D eigenvalue weighted by molar-refractivity contribution is -0.152. The third kappa shape index (κ3) is 6.16. The van der Waals surface area contributed by atoms with Crippen molar-refractivity contribution >= 4 is 11.8 Å². The average Bonchev–Trinajstić information content (AvgIpc) is 2.61. The van der Waals surface area contributed by atoms with Gasteiger partial charge in [-0.3, -0.25) is 14.5 Å². The minimum absolute atomic E-state index is 0.162. The van der Waals surface area contributed by atoms with E-state index in [1.165, 1.54) is 6.92 Å². The highest BCUT2D eigenvalue weighted by Gasteiger charge is 2.27. The molecule has 1 unspecified atom stereocenters. The molecule has 25 heavy (non-hydrogen) atoms. The Labute approximate surface area is 149 Å². The zero-order valence-corrected chi connectivity index (χ0v) is 14.9. The number of esters is 1. The highest BCUT2D eigenvalue weighted by Crippen LogP contribution is 2.14. The van der Waals surface area contributed by atoms with Crippen molar-refractivity contribution in [3.8, 4) is 0 Å². The summed E-state index contributed by atoms with van der Waals surface area (Å²) in [6.07, 6.45) is 0. The summed E-state index contributed by atoms with van der Waals surface area (Å²) in [4.78, 5) is 26.2. The molecule has 0 bridgehead atoms. The van der Waals surface area contributed by atoms with Crippen LogP contribution in [0.25, 0.3) is 0 Å². The molecule has 0 heterocycles. The van der Waals surface area contributed by atoms with E-state index in [9.17, 15) is 9.59 Å². The number of carbonyl (C=O) groups is 2. The molecule has 0 aliphatic rings. The molecule has 4 nitrogen and oxygen atoms in total. The lowest BCUT2D eigenvalue weighted by Crippen LogP contribution is -2.37. The van der Waals surface area contributed by atoms with E-state index in [4.69, 9.17) is 4.74 Å². The highest BCUT2D eigenvalue weighted by molar-refractivity contribution is 5.98. The second-order valence-electron chi connectivity index (χ2n) is 6.06. The van der Waals surface area contributed by atoms with Crippen LogP contribution in [0.5, 0.6) is 0 Å². The van der Waals surface area contributed by atoms with Gasteiger partial charge >= 0.3 is 5.97 Å². The van der Waals surface area contributed by atoms with Crippen molar-refractivity contribution in [2.24, 2.45) is 5.92 Å². The number of rotatable bonds is 9. The van der Waals surface area contributed by atoms with E-state index < -0.39 is 11.9 Å². The van der Waals surface area contributed by atoms with Gasteiger partial charge in [-0.25, -0.2) is 0 Å². The second kappa shape index (κ2) is 9.74. The van der Waals surface area contributed by atoms with Gasteiger partial charge < -0.3 is 4.74 Å². The Kier molecular flexibility index (Phi) is 7.36. The van der Waals surface area contributed by atoms with Crippen LogP contribution in [0.4, 0.5) is 0 Å². The van der Waals surface area contributed by atoms with Gasteiger partial charge in [-0.1, -0.05) is 60.7 Å². The number of Topliss-reactive ketones (excluding diaryl/α,β-unsaturated/α-hetero) is 1. The molecule has 0 fully saturated rings. The Hall–Kier alpha value is -2.46. The summed E-state index contributed by atoms with van der Waals surface area (Å²) in [6, 6.07) is 20.1. The van der Waals surface area contributed by atoms with Crippen LogP contribution in [0.1, 0.15) is 25.0 Å². The fraction of sp³-hybridized carbons (Fsp3) is 0.333. The zero-order valence-electron chi connectivity index (χ0n) is 14.9. The molecule has 0 spiro atoms. The van der Waals surface area contributed by atoms with Crippen molar-refractivity contribution in [3.63, 3.8) is 0 Å². The van der Waals surface area contributed by atoms with Gasteiger partial charge in [0.15, 0.2) is 0 Å². The smallest absolute Gasteiger partial charge is 0.317 e. The molecule has 0 saturated carbocycles. The Morgan fingerprint density at radius 3 is 1.80 bits per heavy atom. The van der Waals surface area contributed by atoms with E-state index in [2.05, 4.69) is 4.90 Å². The molecular weight excluding hydrogens is 314 g/mol. The van der Waals surface area contributed by atoms with Gasteiger partial charge in [0.1, 0.15) is 11.7 Å². The maximum Gasteiger partial charge on any atom is 0.317 e. The first kappa shape index (κ1) is 18.9. The van der Waals surface area contributed by atoms with Crippen molar-refractivity contribution in [2.45, 2.75) is 26.9 Å². The van der Waals surface area contributed by atoms with Crippen molar-refractivity contribution in [3.05, 3.63) is 71.8 Å². The van der Waals surface area contributed by atoms with Crippen LogP contribution >= 0.6 is 0 Å². The summed E-state index contributed by atoms with van der Waals surface area (Å²) in [7, 11) is 0. The standard InChI is InChI=1S/C21H25NO3/c1-3-25-21(24)20(17(2)23)16-22(14-18-10-6-4-7-11-18)15-19-12-8-5-9-13-19/h4-13,20H,3,14-16H2,1-2H3. The highest BCUT2D eigenvalue weighted by atomic mass is 16.5. The molecule has 0 radical (unpaired) electrons. The lowest BCUT2D eigenvalue weighted by atomic mass is 10.0.